The zero-order valence-corrected chi connectivity index (χ0v) is 42.9. The molecule has 6 aromatic carbocycles. The number of phenolic OH excluding ortho intramolecular Hbond substituents is 1. The normalized spacial score (nSPS) is 13.8. The van der Waals surface area contributed by atoms with Crippen molar-refractivity contribution in [3.05, 3.63) is 167 Å². The topological polar surface area (TPSA) is 50.9 Å². The molecule has 8 rings (SSSR count). The summed E-state index contributed by atoms with van der Waals surface area (Å²) in [5.41, 5.74) is 9.24. The van der Waals surface area contributed by atoms with Crippen molar-refractivity contribution in [2.24, 2.45) is 0 Å². The van der Waals surface area contributed by atoms with Gasteiger partial charge in [-0.3, -0.25) is 9.55 Å². The van der Waals surface area contributed by atoms with Crippen LogP contribution in [0.4, 0.5) is 0 Å². The van der Waals surface area contributed by atoms with Gasteiger partial charge in [-0.2, -0.15) is 0 Å². The standard InChI is InChI=1S/C61H66N3O.Pt/c1-14-61(12,13)47-27-28-54(51(37-47)41-19-16-15-17-20-41)64-55-22-18-21-49(56(55)63-58(64)52-35-43(38(2)3)34-50(39(4)5)57(52)65)44-31-45(33-48(32-44)60(9,10)11)53-36-42(29-30-62-53)40-23-25-46(26-24-40)59(6,7)8;/h15-30,32-39,65H,14H2,1-13H3;/q-1;/i23D,24D,25D,26D,29D,30D,36D;. The molecule has 0 aliphatic carbocycles. The SMILES string of the molecule is [2H]c1nc(-c2[c-]c(-c3cccc4c3nc(-c3cc(C(C)C)cc(C(C)C)c3O)n4-c3ccc(C(C)(C)CC)cc3-c3ccccc3)cc(C(C)(C)C)c2)c([2H])c(-c2c([2H])c([2H])c(C(C)(C)C)c([2H])c2[2H])c1[2H].[Pt]. The number of benzene rings is 6. The van der Waals surface area contributed by atoms with E-state index in [1.165, 1.54) is 5.56 Å². The van der Waals surface area contributed by atoms with E-state index in [0.29, 0.717) is 28.0 Å². The molecule has 0 atom stereocenters. The Kier molecular flexibility index (Phi) is 11.2. The third-order valence-electron chi connectivity index (χ3n) is 12.9. The van der Waals surface area contributed by atoms with E-state index >= 15 is 0 Å². The van der Waals surface area contributed by atoms with E-state index in [1.807, 2.05) is 63.2 Å². The van der Waals surface area contributed by atoms with Crippen LogP contribution < -0.4 is 0 Å². The molecule has 0 fully saturated rings. The predicted molar refractivity (Wildman–Crippen MR) is 275 cm³/mol. The molecule has 8 aromatic rings. The second-order valence-electron chi connectivity index (χ2n) is 20.7. The average molecular weight is 1060 g/mol. The van der Waals surface area contributed by atoms with Gasteiger partial charge >= 0.3 is 0 Å². The van der Waals surface area contributed by atoms with Crippen LogP contribution in [0.5, 0.6) is 5.75 Å². The summed E-state index contributed by atoms with van der Waals surface area (Å²) in [6, 6.07) is 32.7. The van der Waals surface area contributed by atoms with E-state index < -0.39 is 23.0 Å². The maximum absolute atomic E-state index is 12.4. The molecule has 4 nitrogen and oxygen atoms in total. The molecule has 2 aromatic heterocycles. The Labute approximate surface area is 418 Å². The number of para-hydroxylation sites is 1. The largest absolute Gasteiger partial charge is 0.507 e. The van der Waals surface area contributed by atoms with E-state index in [4.69, 9.17) is 13.2 Å². The first-order valence-corrected chi connectivity index (χ1v) is 22.9. The molecule has 66 heavy (non-hydrogen) atoms. The van der Waals surface area contributed by atoms with Crippen LogP contribution >= 0.6 is 0 Å². The molecule has 0 spiro atoms. The predicted octanol–water partition coefficient (Wildman–Crippen LogP) is 16.8. The zero-order chi connectivity index (χ0) is 52.7. The molecule has 0 aliphatic heterocycles. The molecule has 1 N–H and O–H groups in total. The molecule has 0 saturated heterocycles. The molecule has 0 saturated carbocycles. The summed E-state index contributed by atoms with van der Waals surface area (Å²) < 4.78 is 66.0. The van der Waals surface area contributed by atoms with Gasteiger partial charge in [0, 0.05) is 38.5 Å². The Morgan fingerprint density at radius 2 is 1.33 bits per heavy atom. The van der Waals surface area contributed by atoms with E-state index in [0.717, 1.165) is 51.0 Å². The summed E-state index contributed by atoms with van der Waals surface area (Å²) >= 11 is 0. The van der Waals surface area contributed by atoms with Crippen molar-refractivity contribution >= 4 is 11.0 Å². The molecule has 2 heterocycles. The summed E-state index contributed by atoms with van der Waals surface area (Å²) in [4.78, 5) is 10.1. The van der Waals surface area contributed by atoms with Crippen molar-refractivity contribution in [2.75, 3.05) is 0 Å². The minimum atomic E-state index is -0.718. The van der Waals surface area contributed by atoms with Crippen LogP contribution in [0.3, 0.4) is 0 Å². The molecular weight excluding hydrogens is 986 g/mol. The Balaban J connectivity index is 0.00000780. The van der Waals surface area contributed by atoms with E-state index in [2.05, 4.69) is 133 Å². The Bertz CT molecular complexity index is 3410. The maximum Gasteiger partial charge on any atom is 0.148 e. The number of hydrogen-bond acceptors (Lipinski definition) is 3. The molecule has 5 heteroatoms. The van der Waals surface area contributed by atoms with Gasteiger partial charge in [0.05, 0.1) is 31.9 Å². The number of rotatable bonds is 10. The van der Waals surface area contributed by atoms with Crippen LogP contribution in [0.25, 0.3) is 72.7 Å². The van der Waals surface area contributed by atoms with Gasteiger partial charge in [-0.1, -0.05) is 186 Å². The number of phenols is 1. The number of nitrogens with zero attached hydrogens (tertiary/aromatic N) is 3. The molecule has 0 bridgehead atoms. The third-order valence-corrected chi connectivity index (χ3v) is 12.9. The number of pyridine rings is 1. The quantitative estimate of drug-likeness (QED) is 0.139. The van der Waals surface area contributed by atoms with Crippen LogP contribution in [-0.2, 0) is 37.3 Å². The van der Waals surface area contributed by atoms with Crippen LogP contribution in [-0.4, -0.2) is 19.6 Å². The van der Waals surface area contributed by atoms with Gasteiger partial charge in [0.25, 0.3) is 0 Å². The maximum atomic E-state index is 12.4. The van der Waals surface area contributed by atoms with Gasteiger partial charge in [-0.05, 0) is 104 Å². The molecule has 0 aliphatic rings. The van der Waals surface area contributed by atoms with Crippen LogP contribution in [0.1, 0.15) is 146 Å². The molecular formula is C61H66N3OPt-. The van der Waals surface area contributed by atoms with E-state index in [1.54, 1.807) is 0 Å². The first-order chi connectivity index (χ1) is 33.7. The number of aromatic hydroxyl groups is 1. The van der Waals surface area contributed by atoms with Gasteiger partial charge in [-0.15, -0.1) is 29.3 Å². The van der Waals surface area contributed by atoms with Crippen molar-refractivity contribution < 1.29 is 35.8 Å². The van der Waals surface area contributed by atoms with Gasteiger partial charge in [0.1, 0.15) is 11.6 Å². The van der Waals surface area contributed by atoms with E-state index in [9.17, 15) is 6.48 Å². The second-order valence-corrected chi connectivity index (χ2v) is 20.7. The Morgan fingerprint density at radius 1 is 0.652 bits per heavy atom. The smallest absolute Gasteiger partial charge is 0.148 e. The second kappa shape index (κ2) is 18.6. The third kappa shape index (κ3) is 9.50. The minimum Gasteiger partial charge on any atom is -0.507 e. The van der Waals surface area contributed by atoms with Crippen molar-refractivity contribution in [3.8, 4) is 67.5 Å². The van der Waals surface area contributed by atoms with Crippen LogP contribution in [0.15, 0.2) is 133 Å². The van der Waals surface area contributed by atoms with Crippen molar-refractivity contribution in [2.45, 2.75) is 125 Å². The fourth-order valence-corrected chi connectivity index (χ4v) is 8.23. The van der Waals surface area contributed by atoms with Crippen molar-refractivity contribution in [1.29, 1.82) is 0 Å². The first-order valence-electron chi connectivity index (χ1n) is 26.4. The van der Waals surface area contributed by atoms with Crippen LogP contribution in [0.2, 0.25) is 0 Å². The number of aromatic nitrogens is 3. The molecule has 0 unspecified atom stereocenters. The fraction of sp³-hybridized carbons (Fsp3) is 0.311. The first kappa shape index (κ1) is 39.6. The Hall–Kier alpha value is -5.57. The number of hydrogen-bond donors (Lipinski definition) is 1. The summed E-state index contributed by atoms with van der Waals surface area (Å²) in [5, 5.41) is 12.4. The van der Waals surface area contributed by atoms with Crippen molar-refractivity contribution in [3.63, 3.8) is 0 Å². The average Bonchev–Trinajstić information content (AvgIpc) is 3.71. The summed E-state index contributed by atoms with van der Waals surface area (Å²) in [7, 11) is 0. The Morgan fingerprint density at radius 3 is 1.97 bits per heavy atom. The van der Waals surface area contributed by atoms with Gasteiger partial charge < -0.3 is 5.11 Å². The van der Waals surface area contributed by atoms with Crippen molar-refractivity contribution in [1.82, 2.24) is 14.5 Å². The summed E-state index contributed by atoms with van der Waals surface area (Å²) in [5.74, 6) is 0.919. The van der Waals surface area contributed by atoms with Gasteiger partial charge in [0.15, 0.2) is 0 Å². The minimum absolute atomic E-state index is 0. The molecule has 0 radical (unpaired) electrons. The number of imidazole rings is 1. The monoisotopic (exact) mass is 1060 g/mol. The molecule has 342 valence electrons. The summed E-state index contributed by atoms with van der Waals surface area (Å²) in [6.45, 7) is 26.9. The zero-order valence-electron chi connectivity index (χ0n) is 47.6. The summed E-state index contributed by atoms with van der Waals surface area (Å²) in [6.07, 6.45) is 0.471. The van der Waals surface area contributed by atoms with E-state index in [-0.39, 0.29) is 96.7 Å². The molecule has 0 amide bonds. The number of fused-ring (bicyclic) bond motifs is 1. The van der Waals surface area contributed by atoms with Crippen LogP contribution in [0, 0.1) is 6.07 Å². The van der Waals surface area contributed by atoms with Gasteiger partial charge in [0.2, 0.25) is 0 Å². The van der Waals surface area contributed by atoms with Gasteiger partial charge in [-0.25, -0.2) is 4.98 Å². The fourth-order valence-electron chi connectivity index (χ4n) is 8.23.